The molecule has 2 aromatic carbocycles. The monoisotopic (exact) mass is 280 g/mol. The summed E-state index contributed by atoms with van der Waals surface area (Å²) in [6.07, 6.45) is -0.584. The number of hydrogen-bond donors (Lipinski definition) is 1. The standard InChI is InChI=1S/C17H16N2O2/c18-12-11-15(19)17(20)21-16(13-7-3-1-4-8-13)14-9-5-2-6-10-14/h1-10,15-16H,11,19H2. The topological polar surface area (TPSA) is 76.1 Å². The van der Waals surface area contributed by atoms with Gasteiger partial charge in [0.05, 0.1) is 12.5 Å². The zero-order chi connectivity index (χ0) is 15.1. The zero-order valence-electron chi connectivity index (χ0n) is 11.5. The van der Waals surface area contributed by atoms with E-state index in [1.165, 1.54) is 0 Å². The third-order valence-corrected chi connectivity index (χ3v) is 3.05. The molecule has 0 saturated carbocycles. The van der Waals surface area contributed by atoms with Gasteiger partial charge >= 0.3 is 5.97 Å². The van der Waals surface area contributed by atoms with Crippen molar-refractivity contribution < 1.29 is 9.53 Å². The molecule has 0 radical (unpaired) electrons. The number of esters is 1. The van der Waals surface area contributed by atoms with Crippen molar-refractivity contribution in [3.05, 3.63) is 71.8 Å². The number of carbonyl (C=O) groups excluding carboxylic acids is 1. The molecule has 1 unspecified atom stereocenters. The van der Waals surface area contributed by atoms with Gasteiger partial charge in [0.15, 0.2) is 6.10 Å². The predicted molar refractivity (Wildman–Crippen MR) is 79.0 cm³/mol. The van der Waals surface area contributed by atoms with Gasteiger partial charge in [-0.3, -0.25) is 4.79 Å². The molecule has 2 N–H and O–H groups in total. The van der Waals surface area contributed by atoms with Crippen molar-refractivity contribution in [2.75, 3.05) is 0 Å². The number of benzene rings is 2. The van der Waals surface area contributed by atoms with Crippen molar-refractivity contribution in [1.82, 2.24) is 0 Å². The number of rotatable bonds is 5. The molecule has 2 rings (SSSR count). The molecule has 0 spiro atoms. The van der Waals surface area contributed by atoms with Crippen LogP contribution in [0.1, 0.15) is 23.7 Å². The zero-order valence-corrected chi connectivity index (χ0v) is 11.5. The first kappa shape index (κ1) is 14.8. The van der Waals surface area contributed by atoms with Gasteiger partial charge in [-0.1, -0.05) is 60.7 Å². The molecule has 106 valence electrons. The van der Waals surface area contributed by atoms with E-state index in [-0.39, 0.29) is 6.42 Å². The summed E-state index contributed by atoms with van der Waals surface area (Å²) in [6.45, 7) is 0. The Morgan fingerprint density at radius 1 is 1.05 bits per heavy atom. The van der Waals surface area contributed by atoms with Crippen LogP contribution in [0.25, 0.3) is 0 Å². The molecular formula is C17H16N2O2. The Hall–Kier alpha value is -2.64. The van der Waals surface area contributed by atoms with E-state index in [2.05, 4.69) is 0 Å². The Balaban J connectivity index is 2.26. The Morgan fingerprint density at radius 3 is 1.95 bits per heavy atom. The fourth-order valence-corrected chi connectivity index (χ4v) is 1.97. The van der Waals surface area contributed by atoms with E-state index in [4.69, 9.17) is 15.7 Å². The molecule has 0 aliphatic rings. The molecule has 1 atom stereocenters. The van der Waals surface area contributed by atoms with Crippen molar-refractivity contribution in [3.8, 4) is 6.07 Å². The van der Waals surface area contributed by atoms with Crippen molar-refractivity contribution in [3.63, 3.8) is 0 Å². The Kier molecular flexibility index (Phi) is 5.08. The summed E-state index contributed by atoms with van der Waals surface area (Å²) in [5, 5.41) is 8.62. The molecule has 0 fully saturated rings. The van der Waals surface area contributed by atoms with Gasteiger partial charge in [-0.25, -0.2) is 0 Å². The van der Waals surface area contributed by atoms with E-state index in [1.54, 1.807) is 0 Å². The lowest BCUT2D eigenvalue weighted by molar-refractivity contribution is -0.149. The molecule has 0 amide bonds. The summed E-state index contributed by atoms with van der Waals surface area (Å²) in [5.41, 5.74) is 7.36. The van der Waals surface area contributed by atoms with Crippen LogP contribution in [0.5, 0.6) is 0 Å². The molecule has 0 aliphatic heterocycles. The fraction of sp³-hybridized carbons (Fsp3) is 0.176. The molecule has 2 aromatic rings. The maximum absolute atomic E-state index is 12.0. The summed E-state index contributed by atoms with van der Waals surface area (Å²) < 4.78 is 5.52. The van der Waals surface area contributed by atoms with Crippen LogP contribution in [0.2, 0.25) is 0 Å². The molecule has 0 aromatic heterocycles. The van der Waals surface area contributed by atoms with Crippen molar-refractivity contribution >= 4 is 5.97 Å². The van der Waals surface area contributed by atoms with E-state index in [0.717, 1.165) is 11.1 Å². The lowest BCUT2D eigenvalue weighted by Gasteiger charge is -2.20. The average molecular weight is 280 g/mol. The Labute approximate surface area is 123 Å². The Bertz CT molecular complexity index is 581. The van der Waals surface area contributed by atoms with Gasteiger partial charge in [-0.05, 0) is 11.1 Å². The third-order valence-electron chi connectivity index (χ3n) is 3.05. The summed E-state index contributed by atoms with van der Waals surface area (Å²) in [5.74, 6) is -0.575. The largest absolute Gasteiger partial charge is 0.451 e. The first-order valence-corrected chi connectivity index (χ1v) is 6.65. The summed E-state index contributed by atoms with van der Waals surface area (Å²) in [7, 11) is 0. The number of ether oxygens (including phenoxy) is 1. The lowest BCUT2D eigenvalue weighted by Crippen LogP contribution is -2.33. The number of carbonyl (C=O) groups is 1. The highest BCUT2D eigenvalue weighted by atomic mass is 16.5. The van der Waals surface area contributed by atoms with Gasteiger partial charge in [0, 0.05) is 0 Å². The number of nitriles is 1. The highest BCUT2D eigenvalue weighted by molar-refractivity contribution is 5.76. The first-order chi connectivity index (χ1) is 10.2. The van der Waals surface area contributed by atoms with Crippen molar-refractivity contribution in [2.24, 2.45) is 5.73 Å². The summed E-state index contributed by atoms with van der Waals surface area (Å²) in [6, 6.07) is 19.8. The molecule has 21 heavy (non-hydrogen) atoms. The second kappa shape index (κ2) is 7.22. The molecule has 4 heteroatoms. The van der Waals surface area contributed by atoms with Crippen LogP contribution in [0.15, 0.2) is 60.7 Å². The molecule has 0 heterocycles. The van der Waals surface area contributed by atoms with Crippen LogP contribution in [0.3, 0.4) is 0 Å². The lowest BCUT2D eigenvalue weighted by atomic mass is 10.0. The van der Waals surface area contributed by atoms with Crippen LogP contribution in [-0.2, 0) is 9.53 Å². The quantitative estimate of drug-likeness (QED) is 0.854. The van der Waals surface area contributed by atoms with Crippen LogP contribution < -0.4 is 5.73 Å². The van der Waals surface area contributed by atoms with Crippen LogP contribution in [0, 0.1) is 11.3 Å². The van der Waals surface area contributed by atoms with E-state index in [0.29, 0.717) is 0 Å². The van der Waals surface area contributed by atoms with Gasteiger partial charge in [0.2, 0.25) is 0 Å². The molecule has 0 aliphatic carbocycles. The SMILES string of the molecule is N#CCC(N)C(=O)OC(c1ccccc1)c1ccccc1. The highest BCUT2D eigenvalue weighted by Gasteiger charge is 2.22. The van der Waals surface area contributed by atoms with Gasteiger partial charge in [0.1, 0.15) is 6.04 Å². The normalized spacial score (nSPS) is 11.7. The van der Waals surface area contributed by atoms with Gasteiger partial charge in [-0.15, -0.1) is 0 Å². The van der Waals surface area contributed by atoms with Crippen LogP contribution in [-0.4, -0.2) is 12.0 Å². The van der Waals surface area contributed by atoms with Crippen molar-refractivity contribution in [1.29, 1.82) is 5.26 Å². The second-order valence-corrected chi connectivity index (χ2v) is 4.61. The molecule has 0 saturated heterocycles. The average Bonchev–Trinajstić information content (AvgIpc) is 2.54. The van der Waals surface area contributed by atoms with Crippen LogP contribution >= 0.6 is 0 Å². The minimum Gasteiger partial charge on any atom is -0.451 e. The van der Waals surface area contributed by atoms with Gasteiger partial charge < -0.3 is 10.5 Å². The third kappa shape index (κ3) is 3.91. The number of hydrogen-bond acceptors (Lipinski definition) is 4. The predicted octanol–water partition coefficient (Wildman–Crippen LogP) is 2.56. The summed E-state index contributed by atoms with van der Waals surface area (Å²) >= 11 is 0. The maximum atomic E-state index is 12.0. The maximum Gasteiger partial charge on any atom is 0.324 e. The first-order valence-electron chi connectivity index (χ1n) is 6.65. The molecular weight excluding hydrogens is 264 g/mol. The highest BCUT2D eigenvalue weighted by Crippen LogP contribution is 2.26. The van der Waals surface area contributed by atoms with E-state index in [9.17, 15) is 4.79 Å². The molecule has 0 bridgehead atoms. The van der Waals surface area contributed by atoms with Crippen LogP contribution in [0.4, 0.5) is 0 Å². The second-order valence-electron chi connectivity index (χ2n) is 4.61. The smallest absolute Gasteiger partial charge is 0.324 e. The minimum absolute atomic E-state index is 0.0604. The van der Waals surface area contributed by atoms with E-state index < -0.39 is 18.1 Å². The number of nitrogens with zero attached hydrogens (tertiary/aromatic N) is 1. The molecule has 4 nitrogen and oxygen atoms in total. The summed E-state index contributed by atoms with van der Waals surface area (Å²) in [4.78, 5) is 12.0. The van der Waals surface area contributed by atoms with Gasteiger partial charge in [0.25, 0.3) is 0 Å². The minimum atomic E-state index is -0.926. The Morgan fingerprint density at radius 2 is 1.52 bits per heavy atom. The fourth-order valence-electron chi connectivity index (χ4n) is 1.97. The van der Waals surface area contributed by atoms with Gasteiger partial charge in [-0.2, -0.15) is 5.26 Å². The van der Waals surface area contributed by atoms with E-state index in [1.807, 2.05) is 66.7 Å². The van der Waals surface area contributed by atoms with Crippen molar-refractivity contribution in [2.45, 2.75) is 18.6 Å². The van der Waals surface area contributed by atoms with E-state index >= 15 is 0 Å². The number of nitrogens with two attached hydrogens (primary N) is 1.